The van der Waals surface area contributed by atoms with Gasteiger partial charge in [-0.15, -0.1) is 0 Å². The number of hydrogen-bond donors (Lipinski definition) is 0. The Morgan fingerprint density at radius 1 is 1.26 bits per heavy atom. The molecular weight excluding hydrogens is 288 g/mol. The molecule has 0 bridgehead atoms. The maximum absolute atomic E-state index is 13.0. The van der Waals surface area contributed by atoms with Crippen molar-refractivity contribution in [3.63, 3.8) is 0 Å². The Bertz CT molecular complexity index is 672. The van der Waals surface area contributed by atoms with Crippen molar-refractivity contribution >= 4 is 5.91 Å². The van der Waals surface area contributed by atoms with Crippen LogP contribution in [0.25, 0.3) is 0 Å². The third-order valence-corrected chi connectivity index (χ3v) is 4.24. The quantitative estimate of drug-likeness (QED) is 0.872. The van der Waals surface area contributed by atoms with Gasteiger partial charge in [-0.05, 0) is 37.0 Å². The molecule has 0 radical (unpaired) electrons. The summed E-state index contributed by atoms with van der Waals surface area (Å²) in [4.78, 5) is 27.8. The van der Waals surface area contributed by atoms with Gasteiger partial charge in [-0.25, -0.2) is 9.97 Å². The van der Waals surface area contributed by atoms with E-state index in [0.717, 1.165) is 31.4 Å². The highest BCUT2D eigenvalue weighted by molar-refractivity contribution is 5.92. The van der Waals surface area contributed by atoms with Crippen LogP contribution in [0.15, 0.2) is 36.8 Å². The molecule has 0 N–H and O–H groups in total. The van der Waals surface area contributed by atoms with Crippen LogP contribution in [0.2, 0.25) is 0 Å². The minimum Gasteiger partial charge on any atom is -0.330 e. The zero-order valence-corrected chi connectivity index (χ0v) is 13.6. The molecule has 0 aromatic carbocycles. The molecule has 5 nitrogen and oxygen atoms in total. The second kappa shape index (κ2) is 6.86. The molecule has 1 atom stereocenters. The van der Waals surface area contributed by atoms with E-state index >= 15 is 0 Å². The molecule has 23 heavy (non-hydrogen) atoms. The minimum absolute atomic E-state index is 0.0112. The largest absolute Gasteiger partial charge is 0.330 e. The first kappa shape index (κ1) is 15.6. The highest BCUT2D eigenvalue weighted by Crippen LogP contribution is 2.31. The van der Waals surface area contributed by atoms with Gasteiger partial charge < -0.3 is 4.90 Å². The van der Waals surface area contributed by atoms with Gasteiger partial charge >= 0.3 is 0 Å². The number of carbonyl (C=O) groups is 1. The molecule has 1 aliphatic rings. The fraction of sp³-hybridized carbons (Fsp3) is 0.444. The van der Waals surface area contributed by atoms with Gasteiger partial charge in [0.1, 0.15) is 11.5 Å². The van der Waals surface area contributed by atoms with Crippen molar-refractivity contribution in [2.24, 2.45) is 0 Å². The summed E-state index contributed by atoms with van der Waals surface area (Å²) in [7, 11) is 0. The second-order valence-electron chi connectivity index (χ2n) is 6.25. The predicted octanol–water partition coefficient (Wildman–Crippen LogP) is 3.36. The molecule has 0 saturated carbocycles. The Hall–Kier alpha value is -2.30. The van der Waals surface area contributed by atoms with Crippen LogP contribution in [0.3, 0.4) is 0 Å². The van der Waals surface area contributed by atoms with Crippen molar-refractivity contribution in [1.82, 2.24) is 19.9 Å². The summed E-state index contributed by atoms with van der Waals surface area (Å²) >= 11 is 0. The minimum atomic E-state index is -0.0112. The van der Waals surface area contributed by atoms with E-state index in [1.54, 1.807) is 18.5 Å². The van der Waals surface area contributed by atoms with Crippen molar-refractivity contribution in [2.45, 2.75) is 45.1 Å². The second-order valence-corrected chi connectivity index (χ2v) is 6.25. The van der Waals surface area contributed by atoms with Crippen LogP contribution >= 0.6 is 0 Å². The highest BCUT2D eigenvalue weighted by atomic mass is 16.2. The summed E-state index contributed by atoms with van der Waals surface area (Å²) in [6.45, 7) is 4.82. The summed E-state index contributed by atoms with van der Waals surface area (Å²) in [6, 6.07) is 5.77. The number of aromatic nitrogens is 3. The number of hydrogen-bond acceptors (Lipinski definition) is 4. The first-order valence-corrected chi connectivity index (χ1v) is 8.20. The molecule has 2 aromatic heterocycles. The predicted molar refractivity (Wildman–Crippen MR) is 88.0 cm³/mol. The van der Waals surface area contributed by atoms with E-state index in [2.05, 4.69) is 15.0 Å². The summed E-state index contributed by atoms with van der Waals surface area (Å²) < 4.78 is 0. The molecule has 2 aromatic rings. The zero-order chi connectivity index (χ0) is 16.2. The summed E-state index contributed by atoms with van der Waals surface area (Å²) in [5.41, 5.74) is 1.58. The van der Waals surface area contributed by atoms with Crippen LogP contribution in [0.4, 0.5) is 0 Å². The van der Waals surface area contributed by atoms with Crippen molar-refractivity contribution < 1.29 is 4.79 Å². The van der Waals surface area contributed by atoms with Crippen molar-refractivity contribution in [1.29, 1.82) is 0 Å². The van der Waals surface area contributed by atoms with E-state index in [0.29, 0.717) is 11.5 Å². The van der Waals surface area contributed by atoms with E-state index in [1.807, 2.05) is 37.1 Å². The Balaban J connectivity index is 1.88. The Morgan fingerprint density at radius 2 is 2.13 bits per heavy atom. The van der Waals surface area contributed by atoms with Crippen molar-refractivity contribution in [3.8, 4) is 0 Å². The van der Waals surface area contributed by atoms with E-state index in [9.17, 15) is 4.79 Å². The normalized spacial score (nSPS) is 18.2. The Kier molecular flexibility index (Phi) is 4.65. The molecule has 1 amide bonds. The lowest BCUT2D eigenvalue weighted by molar-refractivity contribution is 0.0604. The van der Waals surface area contributed by atoms with Gasteiger partial charge in [0.2, 0.25) is 0 Å². The van der Waals surface area contributed by atoms with Gasteiger partial charge in [-0.1, -0.05) is 19.9 Å². The molecule has 0 aliphatic carbocycles. The Labute approximate surface area is 136 Å². The summed E-state index contributed by atoms with van der Waals surface area (Å²) in [5.74, 6) is 0.909. The molecule has 0 spiro atoms. The third-order valence-electron chi connectivity index (χ3n) is 4.24. The average Bonchev–Trinajstić information content (AvgIpc) is 2.62. The monoisotopic (exact) mass is 310 g/mol. The lowest BCUT2D eigenvalue weighted by Crippen LogP contribution is -2.39. The molecule has 0 unspecified atom stereocenters. The number of piperidine rings is 1. The number of nitrogens with zero attached hydrogens (tertiary/aromatic N) is 4. The SMILES string of the molecule is CC(C)c1nccc(C(=O)N2CCCC[C@@H]2c2cccnc2)n1. The van der Waals surface area contributed by atoms with E-state index in [1.165, 1.54) is 0 Å². The molecule has 3 heterocycles. The summed E-state index contributed by atoms with van der Waals surface area (Å²) in [5, 5.41) is 0. The van der Waals surface area contributed by atoms with E-state index < -0.39 is 0 Å². The molecule has 1 saturated heterocycles. The van der Waals surface area contributed by atoms with Crippen LogP contribution in [0.1, 0.15) is 66.9 Å². The number of pyridine rings is 1. The average molecular weight is 310 g/mol. The lowest BCUT2D eigenvalue weighted by atomic mass is 9.96. The van der Waals surface area contributed by atoms with Gasteiger partial charge in [0.15, 0.2) is 0 Å². The van der Waals surface area contributed by atoms with Crippen LogP contribution < -0.4 is 0 Å². The molecule has 1 aliphatic heterocycles. The van der Waals surface area contributed by atoms with Crippen molar-refractivity contribution in [3.05, 3.63) is 53.9 Å². The van der Waals surface area contributed by atoms with Gasteiger partial charge in [0, 0.05) is 31.1 Å². The first-order valence-electron chi connectivity index (χ1n) is 8.20. The smallest absolute Gasteiger partial charge is 0.273 e. The maximum atomic E-state index is 13.0. The van der Waals surface area contributed by atoms with E-state index in [-0.39, 0.29) is 17.9 Å². The molecule has 3 rings (SSSR count). The van der Waals surface area contributed by atoms with Crippen LogP contribution in [-0.2, 0) is 0 Å². The Morgan fingerprint density at radius 3 is 2.87 bits per heavy atom. The third kappa shape index (κ3) is 3.38. The molecule has 120 valence electrons. The topological polar surface area (TPSA) is 59.0 Å². The number of carbonyl (C=O) groups excluding carboxylic acids is 1. The standard InChI is InChI=1S/C18H22N4O/c1-13(2)17-20-10-8-15(21-17)18(23)22-11-4-3-7-16(22)14-6-5-9-19-12-14/h5-6,8-10,12-13,16H,3-4,7,11H2,1-2H3/t16-/m1/s1. The molecule has 5 heteroatoms. The number of rotatable bonds is 3. The fourth-order valence-electron chi connectivity index (χ4n) is 3.01. The fourth-order valence-corrected chi connectivity index (χ4v) is 3.01. The van der Waals surface area contributed by atoms with Crippen LogP contribution in [0.5, 0.6) is 0 Å². The first-order chi connectivity index (χ1) is 11.2. The molecule has 1 fully saturated rings. The van der Waals surface area contributed by atoms with Gasteiger partial charge in [-0.2, -0.15) is 0 Å². The van der Waals surface area contributed by atoms with Crippen LogP contribution in [-0.4, -0.2) is 32.3 Å². The van der Waals surface area contributed by atoms with Crippen molar-refractivity contribution in [2.75, 3.05) is 6.54 Å². The zero-order valence-electron chi connectivity index (χ0n) is 13.6. The van der Waals surface area contributed by atoms with Gasteiger partial charge in [-0.3, -0.25) is 9.78 Å². The van der Waals surface area contributed by atoms with Crippen LogP contribution in [0, 0.1) is 0 Å². The lowest BCUT2D eigenvalue weighted by Gasteiger charge is -2.35. The summed E-state index contributed by atoms with van der Waals surface area (Å²) in [6.07, 6.45) is 8.43. The van der Waals surface area contributed by atoms with E-state index in [4.69, 9.17) is 0 Å². The number of likely N-dealkylation sites (tertiary alicyclic amines) is 1. The van der Waals surface area contributed by atoms with Gasteiger partial charge in [0.25, 0.3) is 5.91 Å². The molecular formula is C18H22N4O. The number of amides is 1. The maximum Gasteiger partial charge on any atom is 0.273 e. The highest BCUT2D eigenvalue weighted by Gasteiger charge is 2.29. The van der Waals surface area contributed by atoms with Gasteiger partial charge in [0.05, 0.1) is 6.04 Å².